The van der Waals surface area contributed by atoms with Gasteiger partial charge in [-0.1, -0.05) is 6.07 Å². The Bertz CT molecular complexity index is 957. The Labute approximate surface area is 186 Å². The van der Waals surface area contributed by atoms with Crippen LogP contribution < -0.4 is 20.1 Å². The van der Waals surface area contributed by atoms with Gasteiger partial charge in [-0.25, -0.2) is 4.39 Å². The number of hydrogen-bond donors (Lipinski definition) is 2. The third kappa shape index (κ3) is 5.19. The van der Waals surface area contributed by atoms with Crippen LogP contribution in [0.4, 0.5) is 4.39 Å². The van der Waals surface area contributed by atoms with Gasteiger partial charge in [0.1, 0.15) is 5.82 Å². The lowest BCUT2D eigenvalue weighted by atomic mass is 9.74. The van der Waals surface area contributed by atoms with Gasteiger partial charge < -0.3 is 24.8 Å². The number of halogens is 1. The largest absolute Gasteiger partial charge is 0.454 e. The topological polar surface area (TPSA) is 85.9 Å². The summed E-state index contributed by atoms with van der Waals surface area (Å²) in [6, 6.07) is 11.3. The molecule has 170 valence electrons. The molecule has 2 N–H and O–H groups in total. The Morgan fingerprint density at radius 2 is 1.72 bits per heavy atom. The van der Waals surface area contributed by atoms with E-state index in [2.05, 4.69) is 10.6 Å². The van der Waals surface area contributed by atoms with Crippen LogP contribution in [-0.2, 0) is 14.9 Å². The van der Waals surface area contributed by atoms with Gasteiger partial charge in [0.05, 0.1) is 0 Å². The second kappa shape index (κ2) is 9.99. The molecule has 32 heavy (non-hydrogen) atoms. The molecule has 2 heterocycles. The minimum absolute atomic E-state index is 0.0624. The van der Waals surface area contributed by atoms with Crippen LogP contribution in [0.3, 0.4) is 0 Å². The Kier molecular flexibility index (Phi) is 6.90. The van der Waals surface area contributed by atoms with E-state index in [0.29, 0.717) is 44.7 Å². The molecular weight excluding hydrogens is 415 g/mol. The number of nitrogens with one attached hydrogen (secondary N) is 2. The summed E-state index contributed by atoms with van der Waals surface area (Å²) in [5.41, 5.74) is 1.28. The first-order valence-electron chi connectivity index (χ1n) is 10.8. The number of hydrogen-bond acceptors (Lipinski definition) is 5. The van der Waals surface area contributed by atoms with E-state index in [1.165, 1.54) is 24.3 Å². The molecule has 7 nitrogen and oxygen atoms in total. The summed E-state index contributed by atoms with van der Waals surface area (Å²) in [7, 11) is 0. The SMILES string of the molecule is O=C(CCCNC(=O)c1ccc(F)cc1)NCC1(c2ccc3c(c2)OCO3)CCOCC1. The van der Waals surface area contributed by atoms with E-state index in [0.717, 1.165) is 29.9 Å². The summed E-state index contributed by atoms with van der Waals surface area (Å²) in [5, 5.41) is 5.82. The van der Waals surface area contributed by atoms with Crippen molar-refractivity contribution in [1.82, 2.24) is 10.6 Å². The van der Waals surface area contributed by atoms with Crippen molar-refractivity contribution in [3.8, 4) is 11.5 Å². The monoisotopic (exact) mass is 442 g/mol. The van der Waals surface area contributed by atoms with Crippen LogP contribution in [0.2, 0.25) is 0 Å². The first kappa shape index (κ1) is 22.1. The average molecular weight is 442 g/mol. The van der Waals surface area contributed by atoms with E-state index < -0.39 is 0 Å². The molecule has 0 bridgehead atoms. The third-order valence-corrected chi connectivity index (χ3v) is 6.03. The third-order valence-electron chi connectivity index (χ3n) is 6.03. The lowest BCUT2D eigenvalue weighted by Gasteiger charge is -2.38. The van der Waals surface area contributed by atoms with Crippen molar-refractivity contribution in [1.29, 1.82) is 0 Å². The van der Waals surface area contributed by atoms with Crippen molar-refractivity contribution in [2.45, 2.75) is 31.1 Å². The minimum atomic E-state index is -0.388. The van der Waals surface area contributed by atoms with Crippen molar-refractivity contribution in [2.24, 2.45) is 0 Å². The molecular formula is C24H27FN2O5. The van der Waals surface area contributed by atoms with E-state index in [4.69, 9.17) is 14.2 Å². The summed E-state index contributed by atoms with van der Waals surface area (Å²) in [4.78, 5) is 24.5. The summed E-state index contributed by atoms with van der Waals surface area (Å²) in [6.45, 7) is 2.38. The second-order valence-electron chi connectivity index (χ2n) is 8.10. The molecule has 0 aliphatic carbocycles. The van der Waals surface area contributed by atoms with Crippen LogP contribution in [0, 0.1) is 5.82 Å². The second-order valence-corrected chi connectivity index (χ2v) is 8.10. The predicted molar refractivity (Wildman–Crippen MR) is 115 cm³/mol. The van der Waals surface area contributed by atoms with Gasteiger partial charge in [-0.2, -0.15) is 0 Å². The predicted octanol–water partition coefficient (Wildman–Crippen LogP) is 2.93. The zero-order valence-corrected chi connectivity index (χ0v) is 17.8. The number of carbonyl (C=O) groups is 2. The maximum absolute atomic E-state index is 13.0. The molecule has 0 spiro atoms. The Hall–Kier alpha value is -3.13. The van der Waals surface area contributed by atoms with Crippen LogP contribution in [0.15, 0.2) is 42.5 Å². The quantitative estimate of drug-likeness (QED) is 0.614. The fourth-order valence-electron chi connectivity index (χ4n) is 4.07. The van der Waals surface area contributed by atoms with E-state index in [1.807, 2.05) is 18.2 Å². The van der Waals surface area contributed by atoms with Crippen LogP contribution in [0.1, 0.15) is 41.6 Å². The lowest BCUT2D eigenvalue weighted by Crippen LogP contribution is -2.44. The number of carbonyl (C=O) groups excluding carboxylic acids is 2. The normalized spacial score (nSPS) is 16.4. The van der Waals surface area contributed by atoms with Crippen molar-refractivity contribution in [2.75, 3.05) is 33.1 Å². The summed E-state index contributed by atoms with van der Waals surface area (Å²) in [6.07, 6.45) is 2.43. The molecule has 0 saturated carbocycles. The standard InChI is InChI=1S/C24H27FN2O5/c25-19-6-3-17(4-7-19)23(29)26-11-1-2-22(28)27-15-24(9-12-30-13-10-24)18-5-8-20-21(14-18)32-16-31-20/h3-8,14H,1-2,9-13,15-16H2,(H,26,29)(H,27,28). The number of rotatable bonds is 8. The Morgan fingerprint density at radius 3 is 2.50 bits per heavy atom. The highest BCUT2D eigenvalue weighted by atomic mass is 19.1. The first-order chi connectivity index (χ1) is 15.6. The van der Waals surface area contributed by atoms with E-state index in [1.54, 1.807) is 0 Å². The van der Waals surface area contributed by atoms with Crippen molar-refractivity contribution >= 4 is 11.8 Å². The highest BCUT2D eigenvalue weighted by molar-refractivity contribution is 5.94. The highest BCUT2D eigenvalue weighted by Gasteiger charge is 2.36. The minimum Gasteiger partial charge on any atom is -0.454 e. The molecule has 2 aliphatic rings. The van der Waals surface area contributed by atoms with Gasteiger partial charge in [0.15, 0.2) is 11.5 Å². The van der Waals surface area contributed by atoms with Gasteiger partial charge in [0, 0.05) is 43.7 Å². The first-order valence-corrected chi connectivity index (χ1v) is 10.8. The van der Waals surface area contributed by atoms with Crippen LogP contribution in [0.5, 0.6) is 11.5 Å². The van der Waals surface area contributed by atoms with Crippen LogP contribution in [-0.4, -0.2) is 44.9 Å². The van der Waals surface area contributed by atoms with Gasteiger partial charge in [0.2, 0.25) is 12.7 Å². The van der Waals surface area contributed by atoms with E-state index in [9.17, 15) is 14.0 Å². The maximum Gasteiger partial charge on any atom is 0.251 e. The lowest BCUT2D eigenvalue weighted by molar-refractivity contribution is -0.121. The summed E-state index contributed by atoms with van der Waals surface area (Å²) >= 11 is 0. The summed E-state index contributed by atoms with van der Waals surface area (Å²) in [5.74, 6) is 0.738. The number of ether oxygens (including phenoxy) is 3. The van der Waals surface area contributed by atoms with E-state index >= 15 is 0 Å². The highest BCUT2D eigenvalue weighted by Crippen LogP contribution is 2.40. The number of fused-ring (bicyclic) bond motifs is 1. The fourth-order valence-corrected chi connectivity index (χ4v) is 4.07. The van der Waals surface area contributed by atoms with Crippen molar-refractivity contribution in [3.63, 3.8) is 0 Å². The Morgan fingerprint density at radius 1 is 0.969 bits per heavy atom. The van der Waals surface area contributed by atoms with Gasteiger partial charge in [-0.15, -0.1) is 0 Å². The molecule has 0 atom stereocenters. The van der Waals surface area contributed by atoms with Gasteiger partial charge in [-0.05, 0) is 61.2 Å². The van der Waals surface area contributed by atoms with Gasteiger partial charge >= 0.3 is 0 Å². The fraction of sp³-hybridized carbons (Fsp3) is 0.417. The summed E-state index contributed by atoms with van der Waals surface area (Å²) < 4.78 is 29.5. The molecule has 0 unspecified atom stereocenters. The molecule has 0 radical (unpaired) electrons. The molecule has 2 aromatic rings. The molecule has 1 saturated heterocycles. The molecule has 0 aromatic heterocycles. The molecule has 4 rings (SSSR count). The molecule has 2 aliphatic heterocycles. The zero-order valence-electron chi connectivity index (χ0n) is 17.8. The van der Waals surface area contributed by atoms with Crippen molar-refractivity contribution < 1.29 is 28.2 Å². The molecule has 2 amide bonds. The average Bonchev–Trinajstić information content (AvgIpc) is 3.29. The van der Waals surface area contributed by atoms with E-state index in [-0.39, 0.29) is 29.8 Å². The maximum atomic E-state index is 13.0. The van der Waals surface area contributed by atoms with Crippen molar-refractivity contribution in [3.05, 3.63) is 59.4 Å². The number of benzene rings is 2. The molecule has 1 fully saturated rings. The molecule has 2 aromatic carbocycles. The number of amides is 2. The molecule has 8 heteroatoms. The van der Waals surface area contributed by atoms with Gasteiger partial charge in [-0.3, -0.25) is 9.59 Å². The Balaban J connectivity index is 1.26. The van der Waals surface area contributed by atoms with Gasteiger partial charge in [0.25, 0.3) is 5.91 Å². The van der Waals surface area contributed by atoms with Crippen LogP contribution >= 0.6 is 0 Å². The van der Waals surface area contributed by atoms with Crippen LogP contribution in [0.25, 0.3) is 0 Å². The smallest absolute Gasteiger partial charge is 0.251 e. The zero-order chi connectivity index (χ0) is 22.4.